The van der Waals surface area contributed by atoms with Gasteiger partial charge in [-0.2, -0.15) is 13.2 Å². The molecule has 0 radical (unpaired) electrons. The fraction of sp³-hybridized carbons (Fsp3) is 0.625. The van der Waals surface area contributed by atoms with Crippen LogP contribution in [0.1, 0.15) is 39.3 Å². The molecule has 1 fully saturated rings. The first-order valence-corrected chi connectivity index (χ1v) is 7.84. The van der Waals surface area contributed by atoms with Crippen molar-refractivity contribution in [3.8, 4) is 0 Å². The molecule has 1 aliphatic rings. The Kier molecular flexibility index (Phi) is 5.25. The minimum absolute atomic E-state index is 0.129. The van der Waals surface area contributed by atoms with Gasteiger partial charge >= 0.3 is 12.3 Å². The lowest BCUT2D eigenvalue weighted by Crippen LogP contribution is -2.42. The van der Waals surface area contributed by atoms with Crippen LogP contribution < -0.4 is 5.32 Å². The fourth-order valence-electron chi connectivity index (χ4n) is 2.52. The minimum atomic E-state index is -4.48. The number of hydrogen-bond acceptors (Lipinski definition) is 4. The van der Waals surface area contributed by atoms with Crippen LogP contribution in [0.3, 0.4) is 0 Å². The maximum Gasteiger partial charge on any atom is 0.433 e. The summed E-state index contributed by atoms with van der Waals surface area (Å²) in [4.78, 5) is 17.4. The summed E-state index contributed by atoms with van der Waals surface area (Å²) in [5, 5.41) is 2.89. The number of hydrogen-bond donors (Lipinski definition) is 1. The Balaban J connectivity index is 1.97. The van der Waals surface area contributed by atoms with E-state index in [9.17, 15) is 18.0 Å². The second-order valence-electron chi connectivity index (χ2n) is 6.76. The minimum Gasteiger partial charge on any atom is -0.444 e. The molecule has 1 saturated heterocycles. The van der Waals surface area contributed by atoms with Crippen molar-refractivity contribution in [3.05, 3.63) is 23.9 Å². The van der Waals surface area contributed by atoms with Crippen LogP contribution >= 0.6 is 0 Å². The molecule has 1 aliphatic heterocycles. The van der Waals surface area contributed by atoms with Gasteiger partial charge in [0, 0.05) is 13.1 Å². The molecule has 0 aliphatic carbocycles. The third-order valence-corrected chi connectivity index (χ3v) is 3.56. The summed E-state index contributed by atoms with van der Waals surface area (Å²) in [7, 11) is 0. The van der Waals surface area contributed by atoms with Crippen molar-refractivity contribution in [3.63, 3.8) is 0 Å². The van der Waals surface area contributed by atoms with E-state index in [2.05, 4.69) is 10.3 Å². The molecule has 0 saturated carbocycles. The highest BCUT2D eigenvalue weighted by Crippen LogP contribution is 2.28. The number of pyridine rings is 1. The van der Waals surface area contributed by atoms with Gasteiger partial charge in [-0.05, 0) is 45.7 Å². The second kappa shape index (κ2) is 6.86. The van der Waals surface area contributed by atoms with Gasteiger partial charge in [-0.15, -0.1) is 0 Å². The number of ether oxygens (including phenoxy) is 1. The molecule has 1 amide bonds. The van der Waals surface area contributed by atoms with Gasteiger partial charge in [0.05, 0.1) is 6.04 Å². The number of likely N-dealkylation sites (tertiary alicyclic amines) is 1. The van der Waals surface area contributed by atoms with Crippen LogP contribution in [0.25, 0.3) is 0 Å². The molecule has 5 nitrogen and oxygen atoms in total. The molecule has 1 aromatic heterocycles. The number of nitrogens with zero attached hydrogens (tertiary/aromatic N) is 2. The fourth-order valence-corrected chi connectivity index (χ4v) is 2.52. The Hall–Kier alpha value is -1.99. The van der Waals surface area contributed by atoms with Gasteiger partial charge < -0.3 is 15.0 Å². The van der Waals surface area contributed by atoms with Gasteiger partial charge in [-0.25, -0.2) is 9.78 Å². The van der Waals surface area contributed by atoms with Gasteiger partial charge in [0.15, 0.2) is 0 Å². The maximum absolute atomic E-state index is 12.7. The highest BCUT2D eigenvalue weighted by Gasteiger charge is 2.33. The van der Waals surface area contributed by atoms with E-state index in [1.54, 1.807) is 25.7 Å². The zero-order valence-electron chi connectivity index (χ0n) is 14.0. The third kappa shape index (κ3) is 5.01. The predicted octanol–water partition coefficient (Wildman–Crippen LogP) is 3.91. The number of anilines is 1. The number of aromatic nitrogens is 1. The van der Waals surface area contributed by atoms with E-state index >= 15 is 0 Å². The van der Waals surface area contributed by atoms with E-state index in [0.29, 0.717) is 13.1 Å². The summed E-state index contributed by atoms with van der Waals surface area (Å²) in [5.41, 5.74) is -1.52. The average Bonchev–Trinajstić information content (AvgIpc) is 2.91. The SMILES string of the molecule is CC(C)(C)OC(=O)N1CCCC1CNc1cccc(C(F)(F)F)n1. The van der Waals surface area contributed by atoms with Gasteiger partial charge in [-0.1, -0.05) is 6.07 Å². The van der Waals surface area contributed by atoms with E-state index < -0.39 is 23.6 Å². The number of alkyl halides is 3. The Morgan fingerprint density at radius 1 is 1.38 bits per heavy atom. The summed E-state index contributed by atoms with van der Waals surface area (Å²) in [6.45, 7) is 6.28. The Labute approximate surface area is 139 Å². The van der Waals surface area contributed by atoms with Crippen LogP contribution in [0.4, 0.5) is 23.8 Å². The lowest BCUT2D eigenvalue weighted by Gasteiger charge is -2.28. The molecular formula is C16H22F3N3O2. The van der Waals surface area contributed by atoms with Crippen LogP contribution in [-0.4, -0.2) is 40.7 Å². The molecule has 2 heterocycles. The van der Waals surface area contributed by atoms with Crippen LogP contribution in [0.5, 0.6) is 0 Å². The monoisotopic (exact) mass is 345 g/mol. The molecule has 0 bridgehead atoms. The molecule has 2 rings (SSSR count). The average molecular weight is 345 g/mol. The lowest BCUT2D eigenvalue weighted by atomic mass is 10.2. The molecule has 1 unspecified atom stereocenters. The summed E-state index contributed by atoms with van der Waals surface area (Å²) in [5.74, 6) is 0.140. The molecule has 1 N–H and O–H groups in total. The molecule has 0 spiro atoms. The molecule has 1 aromatic rings. The van der Waals surface area contributed by atoms with Crippen molar-refractivity contribution in [1.82, 2.24) is 9.88 Å². The van der Waals surface area contributed by atoms with Crippen LogP contribution in [0.15, 0.2) is 18.2 Å². The first-order chi connectivity index (χ1) is 11.1. The topological polar surface area (TPSA) is 54.5 Å². The Bertz CT molecular complexity index is 585. The first kappa shape index (κ1) is 18.4. The summed E-state index contributed by atoms with van der Waals surface area (Å²) in [6, 6.07) is 3.57. The van der Waals surface area contributed by atoms with Crippen molar-refractivity contribution in [1.29, 1.82) is 0 Å². The van der Waals surface area contributed by atoms with Gasteiger partial charge in [0.1, 0.15) is 17.1 Å². The third-order valence-electron chi connectivity index (χ3n) is 3.56. The van der Waals surface area contributed by atoms with E-state index in [0.717, 1.165) is 18.9 Å². The zero-order chi connectivity index (χ0) is 18.0. The first-order valence-electron chi connectivity index (χ1n) is 7.84. The van der Waals surface area contributed by atoms with Crippen LogP contribution in [-0.2, 0) is 10.9 Å². The number of nitrogens with one attached hydrogen (secondary N) is 1. The van der Waals surface area contributed by atoms with Crippen molar-refractivity contribution in [2.75, 3.05) is 18.4 Å². The van der Waals surface area contributed by atoms with E-state index in [1.807, 2.05) is 0 Å². The van der Waals surface area contributed by atoms with E-state index in [1.165, 1.54) is 12.1 Å². The molecule has 0 aromatic carbocycles. The number of amides is 1. The number of carbonyl (C=O) groups is 1. The normalized spacial score (nSPS) is 18.6. The Morgan fingerprint density at radius 2 is 2.08 bits per heavy atom. The molecule has 8 heteroatoms. The molecular weight excluding hydrogens is 323 g/mol. The van der Waals surface area contributed by atoms with Crippen LogP contribution in [0, 0.1) is 0 Å². The quantitative estimate of drug-likeness (QED) is 0.902. The highest BCUT2D eigenvalue weighted by atomic mass is 19.4. The maximum atomic E-state index is 12.7. The van der Waals surface area contributed by atoms with Crippen molar-refractivity contribution >= 4 is 11.9 Å². The zero-order valence-corrected chi connectivity index (χ0v) is 14.0. The largest absolute Gasteiger partial charge is 0.444 e. The highest BCUT2D eigenvalue weighted by molar-refractivity contribution is 5.69. The molecule has 134 valence electrons. The van der Waals surface area contributed by atoms with Crippen molar-refractivity contribution in [2.45, 2.75) is 51.4 Å². The standard InChI is InChI=1S/C16H22F3N3O2/c1-15(2,3)24-14(23)22-9-5-6-11(22)10-20-13-8-4-7-12(21-13)16(17,18)19/h4,7-8,11H,5-6,9-10H2,1-3H3,(H,20,21). The van der Waals surface area contributed by atoms with E-state index in [-0.39, 0.29) is 11.9 Å². The van der Waals surface area contributed by atoms with Gasteiger partial charge in [-0.3, -0.25) is 0 Å². The van der Waals surface area contributed by atoms with E-state index in [4.69, 9.17) is 4.74 Å². The molecule has 24 heavy (non-hydrogen) atoms. The lowest BCUT2D eigenvalue weighted by molar-refractivity contribution is -0.141. The second-order valence-corrected chi connectivity index (χ2v) is 6.76. The summed E-state index contributed by atoms with van der Waals surface area (Å²) >= 11 is 0. The molecule has 1 atom stereocenters. The summed E-state index contributed by atoms with van der Waals surface area (Å²) in [6.07, 6.45) is -3.27. The van der Waals surface area contributed by atoms with Crippen molar-refractivity contribution in [2.24, 2.45) is 0 Å². The predicted molar refractivity (Wildman–Crippen MR) is 83.7 cm³/mol. The number of halogens is 3. The van der Waals surface area contributed by atoms with Gasteiger partial charge in [0.2, 0.25) is 0 Å². The van der Waals surface area contributed by atoms with Crippen molar-refractivity contribution < 1.29 is 22.7 Å². The number of rotatable bonds is 3. The van der Waals surface area contributed by atoms with Gasteiger partial charge in [0.25, 0.3) is 0 Å². The number of carbonyl (C=O) groups excluding carboxylic acids is 1. The smallest absolute Gasteiger partial charge is 0.433 e. The Morgan fingerprint density at radius 3 is 2.71 bits per heavy atom. The van der Waals surface area contributed by atoms with Crippen LogP contribution in [0.2, 0.25) is 0 Å². The summed E-state index contributed by atoms with van der Waals surface area (Å²) < 4.78 is 43.4.